The molecule has 186 valence electrons. The molecule has 0 radical (unpaired) electrons. The predicted molar refractivity (Wildman–Crippen MR) is 141 cm³/mol. The van der Waals surface area contributed by atoms with Crippen molar-refractivity contribution < 1.29 is 23.9 Å². The van der Waals surface area contributed by atoms with Crippen LogP contribution >= 0.6 is 7.60 Å². The third-order valence-electron chi connectivity index (χ3n) is 5.69. The van der Waals surface area contributed by atoms with Crippen molar-refractivity contribution in [2.45, 2.75) is 51.6 Å². The van der Waals surface area contributed by atoms with E-state index in [0.29, 0.717) is 29.2 Å². The molecule has 0 aliphatic rings. The number of nitrogens with one attached hydrogen (secondary N) is 1. The highest BCUT2D eigenvalue weighted by atomic mass is 31.2. The van der Waals surface area contributed by atoms with E-state index < -0.39 is 7.60 Å². The van der Waals surface area contributed by atoms with Crippen LogP contribution in [0, 0.1) is 0 Å². The van der Waals surface area contributed by atoms with Gasteiger partial charge in [-0.2, -0.15) is 0 Å². The van der Waals surface area contributed by atoms with E-state index in [-0.39, 0.29) is 12.1 Å². The molecule has 35 heavy (non-hydrogen) atoms. The van der Waals surface area contributed by atoms with Gasteiger partial charge in [0.15, 0.2) is 0 Å². The van der Waals surface area contributed by atoms with Crippen LogP contribution in [0.15, 0.2) is 72.8 Å². The molecule has 0 saturated heterocycles. The molecule has 6 nitrogen and oxygen atoms in total. The van der Waals surface area contributed by atoms with Gasteiger partial charge < -0.3 is 19.8 Å². The first-order chi connectivity index (χ1) is 16.9. The quantitative estimate of drug-likeness (QED) is 0.175. The topological polar surface area (TPSA) is 95.9 Å². The number of carbonyl (C=O) groups is 1. The minimum absolute atomic E-state index is 0.301. The second-order valence-corrected chi connectivity index (χ2v) is 10.3. The van der Waals surface area contributed by atoms with E-state index in [0.717, 1.165) is 24.0 Å². The van der Waals surface area contributed by atoms with Crippen LogP contribution in [0.5, 0.6) is 5.75 Å². The minimum atomic E-state index is -4.15. The maximum atomic E-state index is 13.4. The number of anilines is 1. The van der Waals surface area contributed by atoms with E-state index in [2.05, 4.69) is 12.2 Å². The average Bonchev–Trinajstić information content (AvgIpc) is 2.84. The number of hydrogen-bond acceptors (Lipinski definition) is 3. The Morgan fingerprint density at radius 3 is 2.23 bits per heavy atom. The molecule has 0 heterocycles. The molecule has 0 fully saturated rings. The highest BCUT2D eigenvalue weighted by molar-refractivity contribution is 7.50. The van der Waals surface area contributed by atoms with E-state index in [1.165, 1.54) is 25.7 Å². The van der Waals surface area contributed by atoms with E-state index in [1.807, 2.05) is 48.5 Å². The fourth-order valence-electron chi connectivity index (χ4n) is 3.93. The SMILES string of the molecule is CCCCCCCCOc1cccc(-c2ccccc2)c1C(=O)Nc1ccc(CP(=O)(O)O)cc1. The van der Waals surface area contributed by atoms with Gasteiger partial charge in [-0.05, 0) is 41.3 Å². The monoisotopic (exact) mass is 495 g/mol. The number of rotatable bonds is 13. The molecule has 3 rings (SSSR count). The molecule has 3 aromatic rings. The van der Waals surface area contributed by atoms with Gasteiger partial charge in [0, 0.05) is 5.69 Å². The Bertz CT molecular complexity index is 1130. The van der Waals surface area contributed by atoms with Crippen LogP contribution in [0.3, 0.4) is 0 Å². The summed E-state index contributed by atoms with van der Waals surface area (Å²) in [7, 11) is -4.15. The van der Waals surface area contributed by atoms with Crippen LogP contribution in [-0.2, 0) is 10.7 Å². The fraction of sp³-hybridized carbons (Fsp3) is 0.321. The third-order valence-corrected chi connectivity index (χ3v) is 6.47. The van der Waals surface area contributed by atoms with Crippen LogP contribution in [0.4, 0.5) is 5.69 Å². The summed E-state index contributed by atoms with van der Waals surface area (Å²) in [6, 6.07) is 21.8. The molecule has 1 amide bonds. The Hall–Kier alpha value is -2.92. The van der Waals surface area contributed by atoms with E-state index >= 15 is 0 Å². The molecule has 7 heteroatoms. The summed E-state index contributed by atoms with van der Waals surface area (Å²) < 4.78 is 17.3. The highest BCUT2D eigenvalue weighted by Crippen LogP contribution is 2.39. The molecule has 0 aliphatic heterocycles. The number of benzene rings is 3. The van der Waals surface area contributed by atoms with Gasteiger partial charge in [0.1, 0.15) is 5.75 Å². The molecular formula is C28H34NO5P. The van der Waals surface area contributed by atoms with Crippen molar-refractivity contribution in [3.05, 3.63) is 83.9 Å². The summed E-state index contributed by atoms with van der Waals surface area (Å²) >= 11 is 0. The minimum Gasteiger partial charge on any atom is -0.493 e. The van der Waals surface area contributed by atoms with Crippen molar-refractivity contribution in [1.29, 1.82) is 0 Å². The van der Waals surface area contributed by atoms with Gasteiger partial charge in [-0.3, -0.25) is 9.36 Å². The predicted octanol–water partition coefficient (Wildman–Crippen LogP) is 7.02. The number of unbranched alkanes of at least 4 members (excludes halogenated alkanes) is 5. The molecular weight excluding hydrogens is 461 g/mol. The van der Waals surface area contributed by atoms with Gasteiger partial charge in [-0.25, -0.2) is 0 Å². The molecule has 0 aliphatic carbocycles. The Morgan fingerprint density at radius 2 is 1.54 bits per heavy atom. The first kappa shape index (κ1) is 26.7. The lowest BCUT2D eigenvalue weighted by molar-refractivity contribution is 0.102. The lowest BCUT2D eigenvalue weighted by atomic mass is 9.98. The van der Waals surface area contributed by atoms with Crippen LogP contribution in [-0.4, -0.2) is 22.3 Å². The first-order valence-corrected chi connectivity index (χ1v) is 13.9. The second kappa shape index (κ2) is 13.2. The zero-order chi connectivity index (χ0) is 25.1. The van der Waals surface area contributed by atoms with Crippen molar-refractivity contribution in [3.8, 4) is 16.9 Å². The molecule has 0 atom stereocenters. The summed E-state index contributed by atoms with van der Waals surface area (Å²) in [4.78, 5) is 31.8. The van der Waals surface area contributed by atoms with Crippen LogP contribution in [0.1, 0.15) is 61.4 Å². The Balaban J connectivity index is 1.78. The average molecular weight is 496 g/mol. The van der Waals surface area contributed by atoms with Crippen molar-refractivity contribution in [2.24, 2.45) is 0 Å². The maximum absolute atomic E-state index is 13.4. The van der Waals surface area contributed by atoms with Gasteiger partial charge in [0.2, 0.25) is 0 Å². The highest BCUT2D eigenvalue weighted by Gasteiger charge is 2.19. The van der Waals surface area contributed by atoms with Gasteiger partial charge in [0.25, 0.3) is 5.91 Å². The molecule has 3 aromatic carbocycles. The maximum Gasteiger partial charge on any atom is 0.329 e. The summed E-state index contributed by atoms with van der Waals surface area (Å²) in [5.41, 5.74) is 3.20. The van der Waals surface area contributed by atoms with Gasteiger partial charge in [-0.1, -0.05) is 93.6 Å². The van der Waals surface area contributed by atoms with Crippen molar-refractivity contribution >= 4 is 19.2 Å². The lowest BCUT2D eigenvalue weighted by Gasteiger charge is -2.16. The zero-order valence-electron chi connectivity index (χ0n) is 20.2. The van der Waals surface area contributed by atoms with Gasteiger partial charge >= 0.3 is 7.60 Å². The molecule has 0 bridgehead atoms. The van der Waals surface area contributed by atoms with Crippen molar-refractivity contribution in [1.82, 2.24) is 0 Å². The molecule has 0 unspecified atom stereocenters. The Morgan fingerprint density at radius 1 is 0.857 bits per heavy atom. The summed E-state index contributed by atoms with van der Waals surface area (Å²) in [6.45, 7) is 2.74. The standard InChI is InChI=1S/C28H34NO5P/c1-2-3-4-5-6-10-20-34-26-15-11-14-25(23-12-8-7-9-13-23)27(26)28(30)29-24-18-16-22(17-19-24)21-35(31,32)33/h7-9,11-19H,2-6,10,20-21H2,1H3,(H,29,30)(H2,31,32,33). The molecule has 0 spiro atoms. The van der Waals surface area contributed by atoms with Crippen molar-refractivity contribution in [3.63, 3.8) is 0 Å². The Labute approximate surface area is 207 Å². The molecule has 0 aromatic heterocycles. The number of carbonyl (C=O) groups excluding carboxylic acids is 1. The third kappa shape index (κ3) is 8.66. The van der Waals surface area contributed by atoms with Crippen LogP contribution in [0.2, 0.25) is 0 Å². The van der Waals surface area contributed by atoms with E-state index in [4.69, 9.17) is 4.74 Å². The lowest BCUT2D eigenvalue weighted by Crippen LogP contribution is -2.15. The largest absolute Gasteiger partial charge is 0.493 e. The van der Waals surface area contributed by atoms with Gasteiger partial charge in [0.05, 0.1) is 18.3 Å². The Kier molecular flexibility index (Phi) is 10.1. The van der Waals surface area contributed by atoms with Crippen molar-refractivity contribution in [2.75, 3.05) is 11.9 Å². The summed E-state index contributed by atoms with van der Waals surface area (Å²) in [5.74, 6) is 0.237. The summed E-state index contributed by atoms with van der Waals surface area (Å²) in [5, 5.41) is 2.91. The first-order valence-electron chi connectivity index (χ1n) is 12.1. The normalized spacial score (nSPS) is 11.3. The second-order valence-electron chi connectivity index (χ2n) is 8.63. The number of amides is 1. The smallest absolute Gasteiger partial charge is 0.329 e. The molecule has 3 N–H and O–H groups in total. The number of ether oxygens (including phenoxy) is 1. The molecule has 0 saturated carbocycles. The van der Waals surface area contributed by atoms with E-state index in [9.17, 15) is 19.1 Å². The van der Waals surface area contributed by atoms with Gasteiger partial charge in [-0.15, -0.1) is 0 Å². The zero-order valence-corrected chi connectivity index (χ0v) is 21.0. The van der Waals surface area contributed by atoms with E-state index in [1.54, 1.807) is 24.3 Å². The fourth-order valence-corrected chi connectivity index (χ4v) is 4.62. The number of hydrogen-bond donors (Lipinski definition) is 3. The summed E-state index contributed by atoms with van der Waals surface area (Å²) in [6.07, 6.45) is 6.59. The van der Waals surface area contributed by atoms with Crippen LogP contribution < -0.4 is 10.1 Å². The van der Waals surface area contributed by atoms with Crippen LogP contribution in [0.25, 0.3) is 11.1 Å².